The van der Waals surface area contributed by atoms with Crippen LogP contribution in [-0.2, 0) is 10.9 Å². The molecule has 1 aliphatic carbocycles. The van der Waals surface area contributed by atoms with Crippen LogP contribution in [0.4, 0.5) is 13.2 Å². The van der Waals surface area contributed by atoms with Crippen LogP contribution in [-0.4, -0.2) is 16.4 Å². The van der Waals surface area contributed by atoms with Crippen LogP contribution in [0.25, 0.3) is 11.1 Å². The van der Waals surface area contributed by atoms with Crippen LogP contribution in [0.2, 0.25) is 5.02 Å². The molecular weight excluding hydrogens is 381 g/mol. The van der Waals surface area contributed by atoms with Crippen molar-refractivity contribution in [2.75, 3.05) is 0 Å². The van der Waals surface area contributed by atoms with Crippen molar-refractivity contribution in [1.82, 2.24) is 4.98 Å². The predicted octanol–water partition coefficient (Wildman–Crippen LogP) is 5.55. The van der Waals surface area contributed by atoms with E-state index in [-0.39, 0.29) is 0 Å². The monoisotopic (exact) mass is 392 g/mol. The molecule has 2 aliphatic rings. The van der Waals surface area contributed by atoms with Gasteiger partial charge in [-0.2, -0.15) is 13.2 Å². The number of fused-ring (bicyclic) bond motifs is 1. The Kier molecular flexibility index (Phi) is 3.37. The maximum atomic E-state index is 12.8. The van der Waals surface area contributed by atoms with Crippen molar-refractivity contribution in [3.05, 3.63) is 64.5 Å². The van der Waals surface area contributed by atoms with Crippen molar-refractivity contribution >= 4 is 28.6 Å². The number of aliphatic imine (C=N–C) groups is 1. The van der Waals surface area contributed by atoms with Gasteiger partial charge >= 0.3 is 6.18 Å². The Bertz CT molecular complexity index is 1070. The van der Waals surface area contributed by atoms with E-state index in [1.54, 1.807) is 18.2 Å². The Labute approximate surface area is 156 Å². The normalized spacial score (nSPS) is 20.7. The summed E-state index contributed by atoms with van der Waals surface area (Å²) in [6, 6.07) is 9.94. The Morgan fingerprint density at radius 3 is 2.48 bits per heavy atom. The second kappa shape index (κ2) is 5.48. The summed E-state index contributed by atoms with van der Waals surface area (Å²) < 4.78 is 50.0. The smallest absolute Gasteiger partial charge is 0.416 e. The number of rotatable bonds is 2. The van der Waals surface area contributed by atoms with Gasteiger partial charge < -0.3 is 9.15 Å². The number of benzene rings is 2. The Morgan fingerprint density at radius 1 is 1.07 bits per heavy atom. The highest BCUT2D eigenvalue weighted by Gasteiger charge is 2.58. The standard InChI is InChI=1S/C19H12ClF3N2O2/c20-12-5-6-14-13(9-12)24-17(26-14)15-18(7-8-18)25-16(27-15)10-1-3-11(4-2-10)19(21,22)23/h1-6,9,15H,7-8H2. The molecule has 0 N–H and O–H groups in total. The highest BCUT2D eigenvalue weighted by Crippen LogP contribution is 2.55. The van der Waals surface area contributed by atoms with Gasteiger partial charge in [-0.15, -0.1) is 0 Å². The summed E-state index contributed by atoms with van der Waals surface area (Å²) in [6.45, 7) is 0. The van der Waals surface area contributed by atoms with Gasteiger partial charge in [0, 0.05) is 10.6 Å². The lowest BCUT2D eigenvalue weighted by Gasteiger charge is -2.12. The van der Waals surface area contributed by atoms with Crippen molar-refractivity contribution in [3.63, 3.8) is 0 Å². The van der Waals surface area contributed by atoms with Gasteiger partial charge in [0.25, 0.3) is 0 Å². The van der Waals surface area contributed by atoms with E-state index in [1.165, 1.54) is 12.1 Å². The minimum Gasteiger partial charge on any atom is -0.461 e. The van der Waals surface area contributed by atoms with Crippen LogP contribution >= 0.6 is 11.6 Å². The highest BCUT2D eigenvalue weighted by atomic mass is 35.5. The second-order valence-electron chi connectivity index (χ2n) is 6.76. The molecule has 1 aliphatic heterocycles. The van der Waals surface area contributed by atoms with Gasteiger partial charge in [0.05, 0.1) is 5.56 Å². The van der Waals surface area contributed by atoms with Crippen LogP contribution in [0.3, 0.4) is 0 Å². The largest absolute Gasteiger partial charge is 0.461 e. The summed E-state index contributed by atoms with van der Waals surface area (Å²) in [5.41, 5.74) is 0.550. The third kappa shape index (κ3) is 2.77. The molecule has 1 unspecified atom stereocenters. The average Bonchev–Trinajstić information content (AvgIpc) is 3.11. The van der Waals surface area contributed by atoms with E-state index in [9.17, 15) is 13.2 Å². The number of oxazole rings is 1. The van der Waals surface area contributed by atoms with E-state index in [0.717, 1.165) is 25.0 Å². The zero-order chi connectivity index (χ0) is 18.8. The summed E-state index contributed by atoms with van der Waals surface area (Å²) in [5, 5.41) is 0.553. The van der Waals surface area contributed by atoms with Gasteiger partial charge in [0.1, 0.15) is 11.1 Å². The van der Waals surface area contributed by atoms with Gasteiger partial charge in [0.15, 0.2) is 5.58 Å². The minimum absolute atomic E-state index is 0.312. The molecule has 1 aromatic heterocycles. The molecule has 3 aromatic rings. The van der Waals surface area contributed by atoms with Crippen LogP contribution < -0.4 is 0 Å². The maximum Gasteiger partial charge on any atom is 0.416 e. The first-order valence-corrected chi connectivity index (χ1v) is 8.72. The Morgan fingerprint density at radius 2 is 1.81 bits per heavy atom. The fourth-order valence-corrected chi connectivity index (χ4v) is 3.42. The van der Waals surface area contributed by atoms with Crippen molar-refractivity contribution in [2.24, 2.45) is 4.99 Å². The lowest BCUT2D eigenvalue weighted by atomic mass is 10.1. The van der Waals surface area contributed by atoms with Crippen LogP contribution in [0.5, 0.6) is 0 Å². The number of hydrogen-bond acceptors (Lipinski definition) is 4. The molecule has 1 atom stereocenters. The molecule has 1 saturated carbocycles. The summed E-state index contributed by atoms with van der Waals surface area (Å²) in [6.07, 6.45) is -3.26. The summed E-state index contributed by atoms with van der Waals surface area (Å²) in [4.78, 5) is 9.09. The first kappa shape index (κ1) is 16.6. The number of hydrogen-bond donors (Lipinski definition) is 0. The fourth-order valence-electron chi connectivity index (χ4n) is 3.26. The van der Waals surface area contributed by atoms with E-state index in [2.05, 4.69) is 9.98 Å². The first-order valence-electron chi connectivity index (χ1n) is 8.34. The van der Waals surface area contributed by atoms with E-state index in [0.29, 0.717) is 33.5 Å². The van der Waals surface area contributed by atoms with E-state index in [1.807, 2.05) is 0 Å². The molecule has 0 saturated heterocycles. The quantitative estimate of drug-likeness (QED) is 0.574. The highest BCUT2D eigenvalue weighted by molar-refractivity contribution is 6.31. The molecule has 2 aromatic carbocycles. The number of halogens is 4. The number of nitrogens with zero attached hydrogens (tertiary/aromatic N) is 2. The van der Waals surface area contributed by atoms with Crippen LogP contribution in [0.15, 0.2) is 51.9 Å². The minimum atomic E-state index is -4.38. The summed E-state index contributed by atoms with van der Waals surface area (Å²) in [5.74, 6) is 0.710. The van der Waals surface area contributed by atoms with Gasteiger partial charge in [0.2, 0.25) is 17.9 Å². The third-order valence-electron chi connectivity index (χ3n) is 4.85. The van der Waals surface area contributed by atoms with Crippen molar-refractivity contribution in [2.45, 2.75) is 30.7 Å². The van der Waals surface area contributed by atoms with Crippen molar-refractivity contribution in [3.8, 4) is 0 Å². The third-order valence-corrected chi connectivity index (χ3v) is 5.09. The Balaban J connectivity index is 1.46. The average molecular weight is 393 g/mol. The zero-order valence-electron chi connectivity index (χ0n) is 13.8. The lowest BCUT2D eigenvalue weighted by molar-refractivity contribution is -0.137. The maximum absolute atomic E-state index is 12.8. The molecule has 0 amide bonds. The number of ether oxygens (including phenoxy) is 1. The zero-order valence-corrected chi connectivity index (χ0v) is 14.5. The molecule has 1 spiro atoms. The Hall–Kier alpha value is -2.54. The van der Waals surface area contributed by atoms with Crippen molar-refractivity contribution in [1.29, 1.82) is 0 Å². The molecule has 8 heteroatoms. The second-order valence-corrected chi connectivity index (χ2v) is 7.19. The fraction of sp³-hybridized carbons (Fsp3) is 0.263. The van der Waals surface area contributed by atoms with E-state index in [4.69, 9.17) is 20.8 Å². The molecule has 5 rings (SSSR count). The van der Waals surface area contributed by atoms with Gasteiger partial charge in [-0.05, 0) is 55.3 Å². The molecule has 2 heterocycles. The van der Waals surface area contributed by atoms with Crippen LogP contribution in [0, 0.1) is 0 Å². The molecule has 27 heavy (non-hydrogen) atoms. The molecule has 138 valence electrons. The summed E-state index contributed by atoms with van der Waals surface area (Å²) >= 11 is 5.99. The SMILES string of the molecule is FC(F)(F)c1ccc(C2=NC3(CC3)C(c3nc4cc(Cl)ccc4o3)O2)cc1. The predicted molar refractivity (Wildman–Crippen MR) is 92.8 cm³/mol. The van der Waals surface area contributed by atoms with Crippen LogP contribution in [0.1, 0.15) is 36.0 Å². The van der Waals surface area contributed by atoms with Gasteiger partial charge in [-0.1, -0.05) is 11.6 Å². The molecular formula is C19H12ClF3N2O2. The molecule has 0 radical (unpaired) electrons. The topological polar surface area (TPSA) is 47.6 Å². The molecule has 4 nitrogen and oxygen atoms in total. The molecule has 1 fully saturated rings. The lowest BCUT2D eigenvalue weighted by Crippen LogP contribution is -2.15. The van der Waals surface area contributed by atoms with E-state index >= 15 is 0 Å². The number of alkyl halides is 3. The van der Waals surface area contributed by atoms with Gasteiger partial charge in [-0.3, -0.25) is 0 Å². The van der Waals surface area contributed by atoms with E-state index < -0.39 is 23.4 Å². The first-order chi connectivity index (χ1) is 12.8. The number of aromatic nitrogens is 1. The molecule has 0 bridgehead atoms. The van der Waals surface area contributed by atoms with Crippen molar-refractivity contribution < 1.29 is 22.3 Å². The van der Waals surface area contributed by atoms with Gasteiger partial charge in [-0.25, -0.2) is 9.98 Å². The summed E-state index contributed by atoms with van der Waals surface area (Å²) in [7, 11) is 0.